The molecule has 3 aromatic carbocycles. The molecule has 1 N–H and O–H groups in total. The van der Waals surface area contributed by atoms with Crippen LogP contribution in [0.5, 0.6) is 11.5 Å². The normalized spacial score (nSPS) is 19.3. The van der Waals surface area contributed by atoms with Crippen LogP contribution in [0.3, 0.4) is 0 Å². The number of carbonyl (C=O) groups excluding carboxylic acids is 2. The van der Waals surface area contributed by atoms with E-state index in [0.29, 0.717) is 49.4 Å². The molecular weight excluding hydrogens is 518 g/mol. The first-order valence-electron chi connectivity index (χ1n) is 13.8. The van der Waals surface area contributed by atoms with Crippen LogP contribution < -0.4 is 9.47 Å². The van der Waals surface area contributed by atoms with E-state index in [2.05, 4.69) is 4.98 Å². The number of benzene rings is 3. The molecule has 1 saturated heterocycles. The van der Waals surface area contributed by atoms with Crippen molar-refractivity contribution < 1.29 is 24.2 Å². The van der Waals surface area contributed by atoms with E-state index in [0.717, 1.165) is 16.9 Å². The van der Waals surface area contributed by atoms with Crippen molar-refractivity contribution >= 4 is 17.4 Å². The Morgan fingerprint density at radius 3 is 2.71 bits per heavy atom. The Balaban J connectivity index is 1.35. The lowest BCUT2D eigenvalue weighted by molar-refractivity contribution is -0.139. The number of ketones is 1. The molecule has 8 heteroatoms. The number of likely N-dealkylation sites (tertiary alicyclic amines) is 1. The molecule has 1 amide bonds. The van der Waals surface area contributed by atoms with Crippen molar-refractivity contribution in [2.24, 2.45) is 0 Å². The third-order valence-electron chi connectivity index (χ3n) is 7.51. The minimum absolute atomic E-state index is 0.0436. The molecule has 2 atom stereocenters. The first kappa shape index (κ1) is 26.4. The second-order valence-electron chi connectivity index (χ2n) is 10.4. The molecule has 0 unspecified atom stereocenters. The van der Waals surface area contributed by atoms with E-state index in [-0.39, 0.29) is 17.4 Å². The van der Waals surface area contributed by atoms with Gasteiger partial charge in [0.25, 0.3) is 11.7 Å². The summed E-state index contributed by atoms with van der Waals surface area (Å²) in [5, 5.41) is 11.5. The van der Waals surface area contributed by atoms with Gasteiger partial charge in [0.2, 0.25) is 0 Å². The summed E-state index contributed by atoms with van der Waals surface area (Å²) in [4.78, 5) is 32.6. The van der Waals surface area contributed by atoms with E-state index >= 15 is 0 Å². The Morgan fingerprint density at radius 2 is 1.90 bits per heavy atom. The van der Waals surface area contributed by atoms with Crippen LogP contribution in [0.25, 0.3) is 5.76 Å². The molecule has 1 fully saturated rings. The van der Waals surface area contributed by atoms with Gasteiger partial charge in [-0.2, -0.15) is 0 Å². The van der Waals surface area contributed by atoms with Gasteiger partial charge in [-0.15, -0.1) is 0 Å². The van der Waals surface area contributed by atoms with Gasteiger partial charge < -0.3 is 24.0 Å². The zero-order valence-electron chi connectivity index (χ0n) is 22.8. The molecule has 8 nitrogen and oxygen atoms in total. The monoisotopic (exact) mass is 549 g/mol. The molecule has 0 saturated carbocycles. The number of aliphatic hydroxyl groups is 1. The zero-order valence-corrected chi connectivity index (χ0v) is 22.8. The minimum Gasteiger partial charge on any atom is -0.507 e. The lowest BCUT2D eigenvalue weighted by Crippen LogP contribution is -2.31. The van der Waals surface area contributed by atoms with E-state index in [9.17, 15) is 14.7 Å². The van der Waals surface area contributed by atoms with Crippen molar-refractivity contribution in [3.63, 3.8) is 0 Å². The van der Waals surface area contributed by atoms with E-state index in [1.165, 1.54) is 0 Å². The van der Waals surface area contributed by atoms with Crippen molar-refractivity contribution in [1.82, 2.24) is 14.5 Å². The molecule has 0 aliphatic carbocycles. The quantitative estimate of drug-likeness (QED) is 0.173. The summed E-state index contributed by atoms with van der Waals surface area (Å²) in [5.41, 5.74) is 3.24. The van der Waals surface area contributed by atoms with E-state index in [1.807, 2.05) is 84.4 Å². The van der Waals surface area contributed by atoms with Crippen LogP contribution >= 0.6 is 0 Å². The number of ether oxygens (including phenoxy) is 2. The molecule has 0 bridgehead atoms. The maximum atomic E-state index is 13.5. The molecule has 0 radical (unpaired) electrons. The highest BCUT2D eigenvalue weighted by molar-refractivity contribution is 6.46. The van der Waals surface area contributed by atoms with Gasteiger partial charge >= 0.3 is 0 Å². The van der Waals surface area contributed by atoms with E-state index < -0.39 is 17.7 Å². The predicted octanol–water partition coefficient (Wildman–Crippen LogP) is 5.30. The molecular formula is C33H31N3O5. The SMILES string of the molecule is C[C@@H]1Cc2cc(C(O)=C3C(=O)C(=O)N(CCCn4ccnc4)[C@H]3c3cccc(OCc4ccccc4)c3)ccc2O1. The van der Waals surface area contributed by atoms with Crippen molar-refractivity contribution in [2.45, 2.75) is 45.1 Å². The number of aliphatic hydroxyl groups excluding tert-OH is 1. The predicted molar refractivity (Wildman–Crippen MR) is 153 cm³/mol. The Bertz CT molecular complexity index is 1600. The topological polar surface area (TPSA) is 93.9 Å². The number of aromatic nitrogens is 2. The number of aryl methyl sites for hydroxylation is 1. The van der Waals surface area contributed by atoms with Gasteiger partial charge in [-0.25, -0.2) is 4.98 Å². The number of carbonyl (C=O) groups is 2. The van der Waals surface area contributed by atoms with Gasteiger partial charge in [-0.05, 0) is 60.4 Å². The lowest BCUT2D eigenvalue weighted by Gasteiger charge is -2.26. The largest absolute Gasteiger partial charge is 0.507 e. The van der Waals surface area contributed by atoms with Crippen LogP contribution in [0, 0.1) is 0 Å². The van der Waals surface area contributed by atoms with Gasteiger partial charge in [0.1, 0.15) is 30.0 Å². The van der Waals surface area contributed by atoms with Crippen LogP contribution in [-0.4, -0.2) is 43.9 Å². The summed E-state index contributed by atoms with van der Waals surface area (Å²) in [6, 6.07) is 21.9. The lowest BCUT2D eigenvalue weighted by atomic mass is 9.94. The Labute approximate surface area is 238 Å². The molecule has 41 heavy (non-hydrogen) atoms. The number of amides is 1. The Morgan fingerprint density at radius 1 is 1.05 bits per heavy atom. The number of hydrogen-bond donors (Lipinski definition) is 1. The molecule has 6 rings (SSSR count). The van der Waals surface area contributed by atoms with E-state index in [1.54, 1.807) is 23.5 Å². The van der Waals surface area contributed by atoms with Crippen LogP contribution in [-0.2, 0) is 29.2 Å². The maximum absolute atomic E-state index is 13.5. The maximum Gasteiger partial charge on any atom is 0.295 e. The summed E-state index contributed by atoms with van der Waals surface area (Å²) >= 11 is 0. The molecule has 2 aliphatic rings. The summed E-state index contributed by atoms with van der Waals surface area (Å²) in [6.45, 7) is 3.33. The fourth-order valence-corrected chi connectivity index (χ4v) is 5.54. The molecule has 1 aromatic heterocycles. The Kier molecular flexibility index (Phi) is 7.29. The molecule has 2 aliphatic heterocycles. The molecule has 208 valence electrons. The highest BCUT2D eigenvalue weighted by Crippen LogP contribution is 2.41. The highest BCUT2D eigenvalue weighted by Gasteiger charge is 2.46. The van der Waals surface area contributed by atoms with Gasteiger partial charge in [-0.3, -0.25) is 9.59 Å². The average molecular weight is 550 g/mol. The number of imidazole rings is 1. The number of hydrogen-bond acceptors (Lipinski definition) is 6. The number of Topliss-reactive ketones (excluding diaryl/α,β-unsaturated/α-hetero) is 1. The van der Waals surface area contributed by atoms with E-state index in [4.69, 9.17) is 9.47 Å². The van der Waals surface area contributed by atoms with Gasteiger partial charge in [0.05, 0.1) is 17.9 Å². The second kappa shape index (κ2) is 11.3. The fraction of sp³-hybridized carbons (Fsp3) is 0.242. The van der Waals surface area contributed by atoms with Crippen LogP contribution in [0.2, 0.25) is 0 Å². The summed E-state index contributed by atoms with van der Waals surface area (Å²) < 4.78 is 13.8. The number of rotatable bonds is 9. The fourth-order valence-electron chi connectivity index (χ4n) is 5.54. The molecule has 3 heterocycles. The van der Waals surface area contributed by atoms with Crippen molar-refractivity contribution in [3.05, 3.63) is 119 Å². The third-order valence-corrected chi connectivity index (χ3v) is 7.51. The average Bonchev–Trinajstić information content (AvgIpc) is 3.70. The third kappa shape index (κ3) is 5.45. The van der Waals surface area contributed by atoms with Crippen molar-refractivity contribution in [3.8, 4) is 11.5 Å². The highest BCUT2D eigenvalue weighted by atomic mass is 16.5. The molecule has 0 spiro atoms. The number of fused-ring (bicyclic) bond motifs is 1. The minimum atomic E-state index is -0.763. The smallest absolute Gasteiger partial charge is 0.295 e. The van der Waals surface area contributed by atoms with Gasteiger partial charge in [0, 0.05) is 37.5 Å². The van der Waals surface area contributed by atoms with Crippen molar-refractivity contribution in [1.29, 1.82) is 0 Å². The summed E-state index contributed by atoms with van der Waals surface area (Å²) in [6.07, 6.45) is 6.65. The standard InChI is InChI=1S/C33H31N3O5/c1-22-17-26-18-25(11-12-28(26)41-22)31(37)29-30(36(33(39)32(29)38)15-6-14-35-16-13-34-21-35)24-9-5-10-27(19-24)40-20-23-7-3-2-4-8-23/h2-5,7-13,16,18-19,21-22,30,37H,6,14-15,17,20H2,1H3/t22-,30+/m1/s1. The van der Waals surface area contributed by atoms with Crippen molar-refractivity contribution in [2.75, 3.05) is 6.54 Å². The summed E-state index contributed by atoms with van der Waals surface area (Å²) in [5.74, 6) is -0.136. The number of nitrogens with zero attached hydrogens (tertiary/aromatic N) is 3. The second-order valence-corrected chi connectivity index (χ2v) is 10.4. The zero-order chi connectivity index (χ0) is 28.3. The van der Waals surface area contributed by atoms with Gasteiger partial charge in [-0.1, -0.05) is 42.5 Å². The summed E-state index contributed by atoms with van der Waals surface area (Å²) in [7, 11) is 0. The van der Waals surface area contributed by atoms with Crippen LogP contribution in [0.15, 0.2) is 97.1 Å². The van der Waals surface area contributed by atoms with Gasteiger partial charge in [0.15, 0.2) is 0 Å². The molecule has 4 aromatic rings. The Hall–Kier alpha value is -4.85. The van der Waals surface area contributed by atoms with Crippen LogP contribution in [0.4, 0.5) is 0 Å². The first-order valence-corrected chi connectivity index (χ1v) is 13.8. The van der Waals surface area contributed by atoms with Crippen LogP contribution in [0.1, 0.15) is 41.6 Å². The first-order chi connectivity index (χ1) is 20.0.